The lowest BCUT2D eigenvalue weighted by Crippen LogP contribution is -2.32. The molecule has 0 aliphatic carbocycles. The number of rotatable bonds is 2. The topological polar surface area (TPSA) is 69.3 Å². The Morgan fingerprint density at radius 1 is 1.82 bits per heavy atom. The largest absolute Gasteiger partial charge is 0.349 e. The molecule has 5 heteroatoms. The van der Waals surface area contributed by atoms with Crippen LogP contribution in [0, 0.1) is 0 Å². The van der Waals surface area contributed by atoms with Crippen molar-refractivity contribution in [1.29, 1.82) is 0 Å². The maximum absolute atomic E-state index is 5.77. The molecule has 60 valence electrons. The fourth-order valence-electron chi connectivity index (χ4n) is 1.03. The van der Waals surface area contributed by atoms with Gasteiger partial charge in [0.2, 0.25) is 0 Å². The molecule has 0 aromatic carbocycles. The van der Waals surface area contributed by atoms with E-state index in [1.807, 2.05) is 6.92 Å². The molecule has 1 aromatic rings. The second-order valence-electron chi connectivity index (χ2n) is 2.81. The summed E-state index contributed by atoms with van der Waals surface area (Å²) < 4.78 is 6.84. The van der Waals surface area contributed by atoms with Gasteiger partial charge in [-0.1, -0.05) is 0 Å². The first-order valence-corrected chi connectivity index (χ1v) is 3.50. The highest BCUT2D eigenvalue weighted by molar-refractivity contribution is 4.93. The monoisotopic (exact) mass is 154 g/mol. The minimum absolute atomic E-state index is 0.131. The van der Waals surface area contributed by atoms with E-state index >= 15 is 0 Å². The number of nitrogens with zero attached hydrogens (tertiary/aromatic N) is 3. The van der Waals surface area contributed by atoms with Gasteiger partial charge in [0.15, 0.2) is 5.72 Å². The van der Waals surface area contributed by atoms with Crippen LogP contribution in [0.15, 0.2) is 12.7 Å². The maximum Gasteiger partial charge on any atom is 0.163 e. The van der Waals surface area contributed by atoms with E-state index in [-0.39, 0.29) is 6.10 Å². The Balaban J connectivity index is 2.02. The van der Waals surface area contributed by atoms with E-state index in [9.17, 15) is 0 Å². The third-order valence-electron chi connectivity index (χ3n) is 1.90. The van der Waals surface area contributed by atoms with Crippen molar-refractivity contribution < 1.29 is 4.74 Å². The minimum atomic E-state index is -0.506. The maximum atomic E-state index is 5.77. The molecule has 11 heavy (non-hydrogen) atoms. The smallest absolute Gasteiger partial charge is 0.163 e. The lowest BCUT2D eigenvalue weighted by molar-refractivity contribution is 0.267. The van der Waals surface area contributed by atoms with Crippen molar-refractivity contribution in [3.63, 3.8) is 0 Å². The highest BCUT2D eigenvalue weighted by atomic mass is 16.6. The number of nitrogens with two attached hydrogens (primary N) is 1. The molecule has 2 N–H and O–H groups in total. The average molecular weight is 154 g/mol. The Hall–Kier alpha value is -0.940. The van der Waals surface area contributed by atoms with Crippen LogP contribution in [0.2, 0.25) is 0 Å². The van der Waals surface area contributed by atoms with Crippen LogP contribution in [-0.2, 0) is 11.3 Å². The number of aromatic nitrogens is 3. The summed E-state index contributed by atoms with van der Waals surface area (Å²) >= 11 is 0. The van der Waals surface area contributed by atoms with Crippen molar-refractivity contribution in [2.75, 3.05) is 0 Å². The van der Waals surface area contributed by atoms with Gasteiger partial charge in [-0.2, -0.15) is 5.10 Å². The van der Waals surface area contributed by atoms with Crippen LogP contribution in [0.3, 0.4) is 0 Å². The molecule has 2 heterocycles. The van der Waals surface area contributed by atoms with Crippen molar-refractivity contribution in [1.82, 2.24) is 14.8 Å². The van der Waals surface area contributed by atoms with Crippen LogP contribution in [0.4, 0.5) is 0 Å². The zero-order valence-electron chi connectivity index (χ0n) is 6.27. The molecule has 5 nitrogen and oxygen atoms in total. The molecular weight excluding hydrogens is 144 g/mol. The van der Waals surface area contributed by atoms with E-state index in [2.05, 4.69) is 10.1 Å². The van der Waals surface area contributed by atoms with Gasteiger partial charge in [0, 0.05) is 0 Å². The summed E-state index contributed by atoms with van der Waals surface area (Å²) in [4.78, 5) is 3.80. The molecule has 1 aliphatic rings. The Kier molecular flexibility index (Phi) is 1.24. The van der Waals surface area contributed by atoms with Gasteiger partial charge in [-0.15, -0.1) is 0 Å². The molecule has 1 saturated heterocycles. The number of hydrogen-bond donors (Lipinski definition) is 1. The summed E-state index contributed by atoms with van der Waals surface area (Å²) in [7, 11) is 0. The molecule has 0 spiro atoms. The minimum Gasteiger partial charge on any atom is -0.349 e. The summed E-state index contributed by atoms with van der Waals surface area (Å²) in [6.45, 7) is 2.52. The fourth-order valence-corrected chi connectivity index (χ4v) is 1.03. The van der Waals surface area contributed by atoms with Crippen LogP contribution >= 0.6 is 0 Å². The predicted octanol–water partition coefficient (Wildman–Crippen LogP) is -0.648. The normalized spacial score (nSPS) is 35.6. The Morgan fingerprint density at radius 3 is 3.00 bits per heavy atom. The summed E-state index contributed by atoms with van der Waals surface area (Å²) in [5.41, 5.74) is 5.26. The third-order valence-corrected chi connectivity index (χ3v) is 1.90. The molecular formula is C6H10N4O. The van der Waals surface area contributed by atoms with Gasteiger partial charge in [0.1, 0.15) is 18.8 Å². The Labute approximate surface area is 64.2 Å². The van der Waals surface area contributed by atoms with Crippen LogP contribution in [0.25, 0.3) is 0 Å². The molecule has 0 radical (unpaired) electrons. The Bertz CT molecular complexity index is 247. The first kappa shape index (κ1) is 6.75. The first-order chi connectivity index (χ1) is 5.21. The molecule has 0 saturated carbocycles. The zero-order chi connectivity index (χ0) is 7.90. The summed E-state index contributed by atoms with van der Waals surface area (Å²) in [5.74, 6) is 0. The lowest BCUT2D eigenvalue weighted by atomic mass is 10.2. The molecule has 0 amide bonds. The van der Waals surface area contributed by atoms with Gasteiger partial charge in [-0.25, -0.2) is 9.67 Å². The van der Waals surface area contributed by atoms with Crippen LogP contribution in [-0.4, -0.2) is 26.6 Å². The molecule has 2 unspecified atom stereocenters. The molecule has 2 atom stereocenters. The second-order valence-corrected chi connectivity index (χ2v) is 2.81. The van der Waals surface area contributed by atoms with Crippen LogP contribution in [0.5, 0.6) is 0 Å². The van der Waals surface area contributed by atoms with Crippen LogP contribution < -0.4 is 5.73 Å². The van der Waals surface area contributed by atoms with E-state index in [4.69, 9.17) is 10.5 Å². The summed E-state index contributed by atoms with van der Waals surface area (Å²) in [5, 5.41) is 3.92. The quantitative estimate of drug-likeness (QED) is 0.575. The van der Waals surface area contributed by atoms with Gasteiger partial charge in [0.05, 0.1) is 6.54 Å². The second kappa shape index (κ2) is 2.02. The first-order valence-electron chi connectivity index (χ1n) is 3.50. The van der Waals surface area contributed by atoms with Crippen molar-refractivity contribution >= 4 is 0 Å². The predicted molar refractivity (Wildman–Crippen MR) is 37.5 cm³/mol. The van der Waals surface area contributed by atoms with Crippen molar-refractivity contribution in [3.05, 3.63) is 12.7 Å². The number of ether oxygens (including phenoxy) is 1. The Morgan fingerprint density at radius 2 is 2.55 bits per heavy atom. The van der Waals surface area contributed by atoms with E-state index in [1.54, 1.807) is 11.0 Å². The SMILES string of the molecule is CC1OC1(N)Cn1cncn1. The average Bonchev–Trinajstić information content (AvgIpc) is 2.43. The molecule has 1 fully saturated rings. The van der Waals surface area contributed by atoms with E-state index in [1.165, 1.54) is 6.33 Å². The van der Waals surface area contributed by atoms with Gasteiger partial charge in [-0.05, 0) is 6.92 Å². The summed E-state index contributed by atoms with van der Waals surface area (Å²) in [6.07, 6.45) is 3.24. The third kappa shape index (κ3) is 1.12. The molecule has 1 aliphatic heterocycles. The van der Waals surface area contributed by atoms with Crippen molar-refractivity contribution in [2.45, 2.75) is 25.3 Å². The van der Waals surface area contributed by atoms with Gasteiger partial charge in [0.25, 0.3) is 0 Å². The van der Waals surface area contributed by atoms with E-state index in [0.717, 1.165) is 0 Å². The van der Waals surface area contributed by atoms with Gasteiger partial charge in [-0.3, -0.25) is 5.73 Å². The van der Waals surface area contributed by atoms with Crippen molar-refractivity contribution in [3.8, 4) is 0 Å². The number of epoxide rings is 1. The lowest BCUT2D eigenvalue weighted by Gasteiger charge is -2.03. The van der Waals surface area contributed by atoms with Crippen molar-refractivity contribution in [2.24, 2.45) is 5.73 Å². The highest BCUT2D eigenvalue weighted by Crippen LogP contribution is 2.31. The molecule has 0 bridgehead atoms. The standard InChI is InChI=1S/C6H10N4O/c1-5-6(7,11-5)2-10-4-8-3-9-10/h3-5H,2,7H2,1H3. The molecule has 1 aromatic heterocycles. The molecule has 2 rings (SSSR count). The number of hydrogen-bond acceptors (Lipinski definition) is 4. The van der Waals surface area contributed by atoms with Gasteiger partial charge >= 0.3 is 0 Å². The summed E-state index contributed by atoms with van der Waals surface area (Å²) in [6, 6.07) is 0. The van der Waals surface area contributed by atoms with E-state index in [0.29, 0.717) is 6.54 Å². The highest BCUT2D eigenvalue weighted by Gasteiger charge is 2.50. The zero-order valence-corrected chi connectivity index (χ0v) is 6.27. The fraction of sp³-hybridized carbons (Fsp3) is 0.667. The van der Waals surface area contributed by atoms with Gasteiger partial charge < -0.3 is 4.74 Å². The van der Waals surface area contributed by atoms with Crippen LogP contribution in [0.1, 0.15) is 6.92 Å². The van der Waals surface area contributed by atoms with E-state index < -0.39 is 5.72 Å².